The summed E-state index contributed by atoms with van der Waals surface area (Å²) in [6, 6.07) is 13.5. The first-order valence-electron chi connectivity index (χ1n) is 10.1. The van der Waals surface area contributed by atoms with Crippen LogP contribution in [0.2, 0.25) is 0 Å². The van der Waals surface area contributed by atoms with Gasteiger partial charge in [-0.15, -0.1) is 0 Å². The number of hydrogen-bond donors (Lipinski definition) is 3. The molecule has 2 aromatic rings. The highest BCUT2D eigenvalue weighted by molar-refractivity contribution is 6.02. The van der Waals surface area contributed by atoms with Gasteiger partial charge >= 0.3 is 0 Å². The molecule has 3 N–H and O–H groups in total. The van der Waals surface area contributed by atoms with Gasteiger partial charge in [0.2, 0.25) is 5.91 Å². The molecule has 1 aliphatic rings. The van der Waals surface area contributed by atoms with Crippen molar-refractivity contribution in [1.29, 1.82) is 0 Å². The zero-order valence-electron chi connectivity index (χ0n) is 16.6. The molecule has 0 radical (unpaired) electrons. The molecule has 6 nitrogen and oxygen atoms in total. The van der Waals surface area contributed by atoms with Crippen molar-refractivity contribution in [2.45, 2.75) is 45.4 Å². The maximum atomic E-state index is 12.4. The van der Waals surface area contributed by atoms with Crippen molar-refractivity contribution in [3.8, 4) is 5.75 Å². The molecule has 0 spiro atoms. The minimum absolute atomic E-state index is 0.0630. The second-order valence-corrected chi connectivity index (χ2v) is 7.30. The van der Waals surface area contributed by atoms with Gasteiger partial charge in [-0.3, -0.25) is 9.59 Å². The Morgan fingerprint density at radius 2 is 1.59 bits per heavy atom. The Bertz CT molecular complexity index is 867. The number of rotatable bonds is 6. The number of benzene rings is 2. The van der Waals surface area contributed by atoms with E-state index >= 15 is 0 Å². The zero-order valence-corrected chi connectivity index (χ0v) is 16.6. The van der Waals surface area contributed by atoms with E-state index in [-0.39, 0.29) is 23.5 Å². The van der Waals surface area contributed by atoms with Gasteiger partial charge in [0.25, 0.3) is 5.91 Å². The fourth-order valence-corrected chi connectivity index (χ4v) is 3.50. The third kappa shape index (κ3) is 5.67. The number of carbonyl (C=O) groups is 2. The molecule has 0 heterocycles. The average molecular weight is 393 g/mol. The number of phenolic OH excluding ortho intramolecular Hbond substituents is 1. The highest BCUT2D eigenvalue weighted by atomic mass is 16.3. The van der Waals surface area contributed by atoms with Gasteiger partial charge in [-0.2, -0.15) is 5.10 Å². The molecule has 1 saturated carbocycles. The van der Waals surface area contributed by atoms with Crippen molar-refractivity contribution >= 4 is 23.2 Å². The summed E-state index contributed by atoms with van der Waals surface area (Å²) in [6.07, 6.45) is 5.97. The minimum Gasteiger partial charge on any atom is -0.508 e. The standard InChI is InChI=1S/C23H27N3O3/c1-2-21(16-10-14-20(27)15-11-16)25-26-23(29)18-8-12-19(13-9-18)24-22(28)17-6-4-3-5-7-17/h8-15,17,27H,2-7H2,1H3,(H,24,28)(H,26,29)/b25-21+. The third-order valence-electron chi connectivity index (χ3n) is 5.22. The van der Waals surface area contributed by atoms with E-state index < -0.39 is 0 Å². The average Bonchev–Trinajstić information content (AvgIpc) is 2.76. The first-order chi connectivity index (χ1) is 14.1. The van der Waals surface area contributed by atoms with E-state index in [0.29, 0.717) is 17.7 Å². The van der Waals surface area contributed by atoms with E-state index in [1.54, 1.807) is 48.5 Å². The number of nitrogens with zero attached hydrogens (tertiary/aromatic N) is 1. The molecule has 1 fully saturated rings. The molecule has 152 valence electrons. The summed E-state index contributed by atoms with van der Waals surface area (Å²) < 4.78 is 0. The molecular weight excluding hydrogens is 366 g/mol. The van der Waals surface area contributed by atoms with Crippen LogP contribution >= 0.6 is 0 Å². The Morgan fingerprint density at radius 1 is 0.966 bits per heavy atom. The van der Waals surface area contributed by atoms with E-state index in [0.717, 1.165) is 37.0 Å². The number of aromatic hydroxyl groups is 1. The number of carbonyl (C=O) groups excluding carboxylic acids is 2. The molecule has 6 heteroatoms. The van der Waals surface area contributed by atoms with Crippen molar-refractivity contribution in [1.82, 2.24) is 5.43 Å². The van der Waals surface area contributed by atoms with Crippen LogP contribution < -0.4 is 10.7 Å². The highest BCUT2D eigenvalue weighted by Crippen LogP contribution is 2.25. The Kier molecular flexibility index (Phi) is 7.00. The SMILES string of the molecule is CC/C(=N\NC(=O)c1ccc(NC(=O)C2CCCCC2)cc1)c1ccc(O)cc1. The van der Waals surface area contributed by atoms with Gasteiger partial charge in [-0.25, -0.2) is 5.43 Å². The quantitative estimate of drug-likeness (QED) is 0.500. The molecule has 0 unspecified atom stereocenters. The molecule has 2 aromatic carbocycles. The Hall–Kier alpha value is -3.15. The Balaban J connectivity index is 1.59. The lowest BCUT2D eigenvalue weighted by Gasteiger charge is -2.20. The van der Waals surface area contributed by atoms with Crippen LogP contribution in [0.15, 0.2) is 53.6 Å². The van der Waals surface area contributed by atoms with Crippen LogP contribution in [0, 0.1) is 5.92 Å². The first-order valence-corrected chi connectivity index (χ1v) is 10.1. The van der Waals surface area contributed by atoms with Crippen LogP contribution in [-0.2, 0) is 4.79 Å². The minimum atomic E-state index is -0.320. The van der Waals surface area contributed by atoms with Crippen LogP contribution in [0.1, 0.15) is 61.4 Å². The fraction of sp³-hybridized carbons (Fsp3) is 0.348. The van der Waals surface area contributed by atoms with Gasteiger partial charge in [0.15, 0.2) is 0 Å². The zero-order chi connectivity index (χ0) is 20.6. The van der Waals surface area contributed by atoms with Crippen molar-refractivity contribution < 1.29 is 14.7 Å². The van der Waals surface area contributed by atoms with Crippen molar-refractivity contribution in [3.63, 3.8) is 0 Å². The summed E-state index contributed by atoms with van der Waals surface area (Å²) in [7, 11) is 0. The lowest BCUT2D eigenvalue weighted by Crippen LogP contribution is -2.24. The van der Waals surface area contributed by atoms with Gasteiger partial charge in [0, 0.05) is 17.2 Å². The second kappa shape index (κ2) is 9.87. The topological polar surface area (TPSA) is 90.8 Å². The molecule has 0 saturated heterocycles. The largest absolute Gasteiger partial charge is 0.508 e. The summed E-state index contributed by atoms with van der Waals surface area (Å²) >= 11 is 0. The molecule has 3 rings (SSSR count). The lowest BCUT2D eigenvalue weighted by atomic mass is 9.88. The maximum absolute atomic E-state index is 12.4. The summed E-state index contributed by atoms with van der Waals surface area (Å²) in [6.45, 7) is 1.95. The van der Waals surface area contributed by atoms with Crippen LogP contribution in [0.5, 0.6) is 5.75 Å². The smallest absolute Gasteiger partial charge is 0.271 e. The normalized spacial score (nSPS) is 15.0. The number of hydrogen-bond acceptors (Lipinski definition) is 4. The van der Waals surface area contributed by atoms with Gasteiger partial charge < -0.3 is 10.4 Å². The summed E-state index contributed by atoms with van der Waals surface area (Å²) in [5, 5.41) is 16.6. The van der Waals surface area contributed by atoms with E-state index in [1.165, 1.54) is 6.42 Å². The van der Waals surface area contributed by atoms with Gasteiger partial charge in [-0.1, -0.05) is 26.2 Å². The molecule has 29 heavy (non-hydrogen) atoms. The molecule has 0 aliphatic heterocycles. The van der Waals surface area contributed by atoms with Crippen LogP contribution in [0.3, 0.4) is 0 Å². The maximum Gasteiger partial charge on any atom is 0.271 e. The highest BCUT2D eigenvalue weighted by Gasteiger charge is 2.21. The Labute approximate surface area is 171 Å². The van der Waals surface area contributed by atoms with E-state index in [9.17, 15) is 14.7 Å². The molecular formula is C23H27N3O3. The number of anilines is 1. The lowest BCUT2D eigenvalue weighted by molar-refractivity contribution is -0.120. The molecule has 0 aromatic heterocycles. The molecule has 1 aliphatic carbocycles. The summed E-state index contributed by atoms with van der Waals surface area (Å²) in [5.74, 6) is 0.0187. The van der Waals surface area contributed by atoms with Crippen LogP contribution in [0.4, 0.5) is 5.69 Å². The summed E-state index contributed by atoms with van der Waals surface area (Å²) in [4.78, 5) is 24.7. The molecule has 0 bridgehead atoms. The second-order valence-electron chi connectivity index (χ2n) is 7.30. The van der Waals surface area contributed by atoms with Crippen molar-refractivity contribution in [2.24, 2.45) is 11.0 Å². The number of nitrogens with one attached hydrogen (secondary N) is 2. The first kappa shape index (κ1) is 20.6. The monoisotopic (exact) mass is 393 g/mol. The summed E-state index contributed by atoms with van der Waals surface area (Å²) in [5.41, 5.74) is 5.29. The predicted molar refractivity (Wildman–Crippen MR) is 114 cm³/mol. The van der Waals surface area contributed by atoms with Crippen LogP contribution in [0.25, 0.3) is 0 Å². The van der Waals surface area contributed by atoms with E-state index in [4.69, 9.17) is 0 Å². The van der Waals surface area contributed by atoms with Crippen molar-refractivity contribution in [2.75, 3.05) is 5.32 Å². The third-order valence-corrected chi connectivity index (χ3v) is 5.22. The van der Waals surface area contributed by atoms with Gasteiger partial charge in [-0.05, 0) is 73.4 Å². The molecule has 0 atom stereocenters. The van der Waals surface area contributed by atoms with Gasteiger partial charge in [0.1, 0.15) is 5.75 Å². The molecule has 2 amide bonds. The number of hydrazone groups is 1. The Morgan fingerprint density at radius 3 is 2.21 bits per heavy atom. The predicted octanol–water partition coefficient (Wildman–Crippen LogP) is 4.46. The van der Waals surface area contributed by atoms with E-state index in [1.807, 2.05) is 6.92 Å². The number of phenols is 1. The van der Waals surface area contributed by atoms with E-state index in [2.05, 4.69) is 15.8 Å². The number of amides is 2. The fourth-order valence-electron chi connectivity index (χ4n) is 3.50. The van der Waals surface area contributed by atoms with Crippen LogP contribution in [-0.4, -0.2) is 22.6 Å². The van der Waals surface area contributed by atoms with Crippen molar-refractivity contribution in [3.05, 3.63) is 59.7 Å². The van der Waals surface area contributed by atoms with Gasteiger partial charge in [0.05, 0.1) is 5.71 Å².